The maximum absolute atomic E-state index is 12.7. The molecule has 1 atom stereocenters. The van der Waals surface area contributed by atoms with Gasteiger partial charge in [0.05, 0.1) is 14.2 Å². The Balaban J connectivity index is 2.09. The van der Waals surface area contributed by atoms with Crippen molar-refractivity contribution in [2.75, 3.05) is 14.2 Å². The second kappa shape index (κ2) is 10.1. The van der Waals surface area contributed by atoms with E-state index in [0.29, 0.717) is 23.6 Å². The van der Waals surface area contributed by atoms with Gasteiger partial charge in [0, 0.05) is 22.6 Å². The average molecular weight is 449 g/mol. The zero-order valence-corrected chi connectivity index (χ0v) is 18.0. The number of carbonyl (C=O) groups is 2. The third kappa shape index (κ3) is 5.99. The van der Waals surface area contributed by atoms with Crippen LogP contribution < -0.4 is 20.1 Å². The Morgan fingerprint density at radius 3 is 2.21 bits per heavy atom. The van der Waals surface area contributed by atoms with E-state index in [2.05, 4.69) is 26.6 Å². The van der Waals surface area contributed by atoms with Gasteiger partial charge in [-0.1, -0.05) is 41.9 Å². The van der Waals surface area contributed by atoms with Gasteiger partial charge in [-0.2, -0.15) is 0 Å². The Morgan fingerprint density at radius 2 is 1.68 bits per heavy atom. The number of ether oxygens (including phenoxy) is 2. The second-order valence-corrected chi connectivity index (χ2v) is 7.56. The smallest absolute Gasteiger partial charge is 0.252 e. The van der Waals surface area contributed by atoms with Crippen molar-refractivity contribution in [2.24, 2.45) is 5.92 Å². The minimum Gasteiger partial charge on any atom is -0.497 e. The third-order valence-corrected chi connectivity index (χ3v) is 4.70. The van der Waals surface area contributed by atoms with E-state index < -0.39 is 6.04 Å². The molecule has 2 rings (SSSR count). The molecule has 0 bridgehead atoms. The lowest BCUT2D eigenvalue weighted by Crippen LogP contribution is -2.49. The van der Waals surface area contributed by atoms with E-state index >= 15 is 0 Å². The topological polar surface area (TPSA) is 76.7 Å². The fraction of sp³-hybridized carbons (Fsp3) is 0.333. The Hall–Kier alpha value is -2.54. The molecule has 0 aliphatic heterocycles. The summed E-state index contributed by atoms with van der Waals surface area (Å²) < 4.78 is 11.3. The van der Waals surface area contributed by atoms with Crippen molar-refractivity contribution in [1.29, 1.82) is 0 Å². The van der Waals surface area contributed by atoms with Gasteiger partial charge in [-0.25, -0.2) is 0 Å². The zero-order chi connectivity index (χ0) is 20.7. The third-order valence-electron chi connectivity index (χ3n) is 4.21. The standard InChI is InChI=1S/C21H25BrN2O4/c1-13(2)19(21(26)23-12-14-6-5-7-16(22)8-14)24-20(25)15-9-17(27-3)11-18(10-15)28-4/h5-11,13,19H,12H2,1-4H3,(H,23,26)(H,24,25). The minimum absolute atomic E-state index is 0.0843. The fourth-order valence-corrected chi connectivity index (χ4v) is 3.09. The predicted octanol–water partition coefficient (Wildman–Crippen LogP) is 3.54. The normalized spacial score (nSPS) is 11.6. The van der Waals surface area contributed by atoms with Crippen molar-refractivity contribution < 1.29 is 19.1 Å². The van der Waals surface area contributed by atoms with E-state index in [1.165, 1.54) is 14.2 Å². The first-order chi connectivity index (χ1) is 13.3. The first-order valence-electron chi connectivity index (χ1n) is 8.90. The van der Waals surface area contributed by atoms with Crippen molar-refractivity contribution >= 4 is 27.7 Å². The summed E-state index contributed by atoms with van der Waals surface area (Å²) in [5.74, 6) is 0.320. The molecule has 2 aromatic carbocycles. The largest absolute Gasteiger partial charge is 0.497 e. The molecule has 2 N–H and O–H groups in total. The molecule has 2 aromatic rings. The van der Waals surface area contributed by atoms with E-state index in [1.54, 1.807) is 18.2 Å². The number of hydrogen-bond acceptors (Lipinski definition) is 4. The molecule has 1 unspecified atom stereocenters. The molecule has 0 heterocycles. The second-order valence-electron chi connectivity index (χ2n) is 6.64. The van der Waals surface area contributed by atoms with E-state index in [0.717, 1.165) is 10.0 Å². The fourth-order valence-electron chi connectivity index (χ4n) is 2.64. The van der Waals surface area contributed by atoms with Crippen LogP contribution in [0.15, 0.2) is 46.9 Å². The van der Waals surface area contributed by atoms with Crippen LogP contribution in [0.4, 0.5) is 0 Å². The molecule has 0 aliphatic rings. The van der Waals surface area contributed by atoms with Crippen LogP contribution in [-0.2, 0) is 11.3 Å². The highest BCUT2D eigenvalue weighted by Gasteiger charge is 2.25. The summed E-state index contributed by atoms with van der Waals surface area (Å²) in [6, 6.07) is 11.9. The molecule has 0 spiro atoms. The van der Waals surface area contributed by atoms with E-state index in [1.807, 2.05) is 38.1 Å². The van der Waals surface area contributed by atoms with Crippen LogP contribution in [0.2, 0.25) is 0 Å². The van der Waals surface area contributed by atoms with Crippen LogP contribution in [0.5, 0.6) is 11.5 Å². The quantitative estimate of drug-likeness (QED) is 0.647. The molecule has 0 fully saturated rings. The van der Waals surface area contributed by atoms with Crippen LogP contribution in [0.3, 0.4) is 0 Å². The number of carbonyl (C=O) groups excluding carboxylic acids is 2. The number of methoxy groups -OCH3 is 2. The van der Waals surface area contributed by atoms with Crippen molar-refractivity contribution in [2.45, 2.75) is 26.4 Å². The monoisotopic (exact) mass is 448 g/mol. The molecular weight excluding hydrogens is 424 g/mol. The molecule has 0 saturated heterocycles. The molecule has 7 heteroatoms. The summed E-state index contributed by atoms with van der Waals surface area (Å²) in [5.41, 5.74) is 1.33. The summed E-state index contributed by atoms with van der Waals surface area (Å²) in [5, 5.41) is 5.70. The van der Waals surface area contributed by atoms with E-state index in [9.17, 15) is 9.59 Å². The van der Waals surface area contributed by atoms with Gasteiger partial charge in [0.25, 0.3) is 5.91 Å². The van der Waals surface area contributed by atoms with Crippen LogP contribution in [0.1, 0.15) is 29.8 Å². The highest BCUT2D eigenvalue weighted by Crippen LogP contribution is 2.22. The summed E-state index contributed by atoms with van der Waals surface area (Å²) in [7, 11) is 3.03. The SMILES string of the molecule is COc1cc(OC)cc(C(=O)NC(C(=O)NCc2cccc(Br)c2)C(C)C)c1. The number of amides is 2. The van der Waals surface area contributed by atoms with Gasteiger partial charge in [-0.05, 0) is 35.7 Å². The summed E-state index contributed by atoms with van der Waals surface area (Å²) in [4.78, 5) is 25.4. The number of halogens is 1. The number of rotatable bonds is 8. The highest BCUT2D eigenvalue weighted by atomic mass is 79.9. The van der Waals surface area contributed by atoms with Crippen LogP contribution in [0.25, 0.3) is 0 Å². The molecule has 2 amide bonds. The highest BCUT2D eigenvalue weighted by molar-refractivity contribution is 9.10. The van der Waals surface area contributed by atoms with Gasteiger partial charge in [0.1, 0.15) is 17.5 Å². The molecule has 0 aromatic heterocycles. The maximum atomic E-state index is 12.7. The van der Waals surface area contributed by atoms with Gasteiger partial charge in [0.15, 0.2) is 0 Å². The van der Waals surface area contributed by atoms with Crippen molar-refractivity contribution in [3.63, 3.8) is 0 Å². The molecule has 0 aliphatic carbocycles. The Labute approximate surface area is 173 Å². The van der Waals surface area contributed by atoms with Crippen LogP contribution in [0, 0.1) is 5.92 Å². The minimum atomic E-state index is -0.670. The van der Waals surface area contributed by atoms with Gasteiger partial charge in [0.2, 0.25) is 5.91 Å². The number of hydrogen-bond donors (Lipinski definition) is 2. The Bertz CT molecular complexity index is 817. The van der Waals surface area contributed by atoms with E-state index in [-0.39, 0.29) is 17.7 Å². The first kappa shape index (κ1) is 21.8. The predicted molar refractivity (Wildman–Crippen MR) is 112 cm³/mol. The van der Waals surface area contributed by atoms with Gasteiger partial charge in [-0.3, -0.25) is 9.59 Å². The average Bonchev–Trinajstić information content (AvgIpc) is 2.69. The molecule has 6 nitrogen and oxygen atoms in total. The van der Waals surface area contributed by atoms with Gasteiger partial charge >= 0.3 is 0 Å². The molecule has 150 valence electrons. The van der Waals surface area contributed by atoms with Crippen LogP contribution >= 0.6 is 15.9 Å². The zero-order valence-electron chi connectivity index (χ0n) is 16.4. The lowest BCUT2D eigenvalue weighted by molar-refractivity contribution is -0.124. The summed E-state index contributed by atoms with van der Waals surface area (Å²) in [6.45, 7) is 4.15. The molecular formula is C21H25BrN2O4. The van der Waals surface area contributed by atoms with Gasteiger partial charge in [-0.15, -0.1) is 0 Å². The summed E-state index contributed by atoms with van der Waals surface area (Å²) in [6.07, 6.45) is 0. The molecule has 0 saturated carbocycles. The maximum Gasteiger partial charge on any atom is 0.252 e. The van der Waals surface area contributed by atoms with Crippen molar-refractivity contribution in [1.82, 2.24) is 10.6 Å². The lowest BCUT2D eigenvalue weighted by Gasteiger charge is -2.22. The molecule has 28 heavy (non-hydrogen) atoms. The first-order valence-corrected chi connectivity index (χ1v) is 9.69. The lowest BCUT2D eigenvalue weighted by atomic mass is 10.0. The molecule has 0 radical (unpaired) electrons. The van der Waals surface area contributed by atoms with E-state index in [4.69, 9.17) is 9.47 Å². The number of nitrogens with one attached hydrogen (secondary N) is 2. The van der Waals surface area contributed by atoms with Gasteiger partial charge < -0.3 is 20.1 Å². The summed E-state index contributed by atoms with van der Waals surface area (Å²) >= 11 is 3.41. The van der Waals surface area contributed by atoms with Crippen molar-refractivity contribution in [3.8, 4) is 11.5 Å². The van der Waals surface area contributed by atoms with Crippen LogP contribution in [-0.4, -0.2) is 32.1 Å². The Morgan fingerprint density at radius 1 is 1.04 bits per heavy atom. The Kier molecular flexibility index (Phi) is 7.87. The number of benzene rings is 2. The van der Waals surface area contributed by atoms with Crippen molar-refractivity contribution in [3.05, 3.63) is 58.1 Å².